The molecule has 1 N–H and O–H groups in total. The number of hydrogen-bond acceptors (Lipinski definition) is 5. The minimum absolute atomic E-state index is 0.164. The topological polar surface area (TPSA) is 50.8 Å². The third kappa shape index (κ3) is 4.83. The summed E-state index contributed by atoms with van der Waals surface area (Å²) in [5.74, 6) is 0.639. The predicted molar refractivity (Wildman–Crippen MR) is 76.7 cm³/mol. The van der Waals surface area contributed by atoms with Gasteiger partial charge in [0, 0.05) is 13.1 Å². The number of carbonyl (C=O) groups is 1. The molecule has 0 radical (unpaired) electrons. The van der Waals surface area contributed by atoms with Crippen molar-refractivity contribution in [2.24, 2.45) is 0 Å². The summed E-state index contributed by atoms with van der Waals surface area (Å²) in [5.41, 5.74) is 0.969. The zero-order chi connectivity index (χ0) is 14.2. The van der Waals surface area contributed by atoms with E-state index in [1.165, 1.54) is 0 Å². The molecule has 0 amide bonds. The van der Waals surface area contributed by atoms with Crippen LogP contribution in [0.4, 0.5) is 0 Å². The molecule has 110 valence electrons. The molecule has 5 heteroatoms. The molecule has 1 aromatic carbocycles. The van der Waals surface area contributed by atoms with Crippen molar-refractivity contribution in [3.05, 3.63) is 29.8 Å². The number of nitrogens with zero attached hydrogens (tertiary/aromatic N) is 1. The lowest BCUT2D eigenvalue weighted by atomic mass is 10.2. The summed E-state index contributed by atoms with van der Waals surface area (Å²) in [6.07, 6.45) is 1.08. The number of benzene rings is 1. The zero-order valence-electron chi connectivity index (χ0n) is 11.9. The molecule has 0 aromatic heterocycles. The second-order valence-electron chi connectivity index (χ2n) is 4.89. The Balaban J connectivity index is 1.73. The Bertz CT molecular complexity index is 412. The van der Waals surface area contributed by atoms with Gasteiger partial charge in [-0.25, -0.2) is 0 Å². The van der Waals surface area contributed by atoms with Gasteiger partial charge in [0.05, 0.1) is 13.7 Å². The highest BCUT2D eigenvalue weighted by Crippen LogP contribution is 2.12. The summed E-state index contributed by atoms with van der Waals surface area (Å²) >= 11 is 0. The molecular weight excluding hydrogens is 256 g/mol. The summed E-state index contributed by atoms with van der Waals surface area (Å²) < 4.78 is 10.4. The summed E-state index contributed by atoms with van der Waals surface area (Å²) in [4.78, 5) is 13.9. The minimum Gasteiger partial charge on any atom is -0.497 e. The van der Waals surface area contributed by atoms with Crippen molar-refractivity contribution in [3.8, 4) is 5.75 Å². The van der Waals surface area contributed by atoms with Gasteiger partial charge >= 0.3 is 5.97 Å². The Morgan fingerprint density at radius 2 is 2.05 bits per heavy atom. The van der Waals surface area contributed by atoms with Crippen LogP contribution in [0.15, 0.2) is 24.3 Å². The molecule has 2 rings (SSSR count). The molecule has 1 aliphatic rings. The highest BCUT2D eigenvalue weighted by molar-refractivity contribution is 5.71. The fourth-order valence-corrected chi connectivity index (χ4v) is 2.17. The molecule has 0 saturated carbocycles. The van der Waals surface area contributed by atoms with E-state index in [1.807, 2.05) is 24.3 Å². The lowest BCUT2D eigenvalue weighted by molar-refractivity contribution is -0.146. The molecule has 0 spiro atoms. The fourth-order valence-electron chi connectivity index (χ4n) is 2.17. The van der Waals surface area contributed by atoms with Crippen LogP contribution >= 0.6 is 0 Å². The van der Waals surface area contributed by atoms with E-state index >= 15 is 0 Å². The Labute approximate surface area is 119 Å². The van der Waals surface area contributed by atoms with Crippen LogP contribution in [0.25, 0.3) is 0 Å². The van der Waals surface area contributed by atoms with Gasteiger partial charge in [0.25, 0.3) is 0 Å². The molecule has 0 bridgehead atoms. The average molecular weight is 278 g/mol. The summed E-state index contributed by atoms with van der Waals surface area (Å²) in [6.45, 7) is 4.50. The average Bonchev–Trinajstić information content (AvgIpc) is 2.74. The quantitative estimate of drug-likeness (QED) is 0.815. The van der Waals surface area contributed by atoms with Gasteiger partial charge in [0.15, 0.2) is 0 Å². The maximum absolute atomic E-state index is 11.8. The third-order valence-corrected chi connectivity index (χ3v) is 3.34. The van der Waals surface area contributed by atoms with Crippen LogP contribution in [-0.2, 0) is 16.1 Å². The van der Waals surface area contributed by atoms with E-state index in [1.54, 1.807) is 7.11 Å². The van der Waals surface area contributed by atoms with Gasteiger partial charge < -0.3 is 14.8 Å². The lowest BCUT2D eigenvalue weighted by Gasteiger charge is -2.18. The maximum Gasteiger partial charge on any atom is 0.320 e. The van der Waals surface area contributed by atoms with Crippen molar-refractivity contribution in [2.75, 3.05) is 39.8 Å². The smallest absolute Gasteiger partial charge is 0.320 e. The number of rotatable bonds is 5. The zero-order valence-corrected chi connectivity index (χ0v) is 11.9. The van der Waals surface area contributed by atoms with E-state index in [-0.39, 0.29) is 5.97 Å². The van der Waals surface area contributed by atoms with Crippen molar-refractivity contribution in [1.29, 1.82) is 0 Å². The van der Waals surface area contributed by atoms with Gasteiger partial charge in [0.1, 0.15) is 12.4 Å². The Hall–Kier alpha value is -1.59. The fraction of sp³-hybridized carbons (Fsp3) is 0.533. The molecule has 1 heterocycles. The number of esters is 1. The van der Waals surface area contributed by atoms with Crippen LogP contribution in [0.2, 0.25) is 0 Å². The molecule has 0 unspecified atom stereocenters. The second-order valence-corrected chi connectivity index (χ2v) is 4.89. The Morgan fingerprint density at radius 1 is 1.25 bits per heavy atom. The van der Waals surface area contributed by atoms with E-state index in [0.29, 0.717) is 13.2 Å². The molecular formula is C15H22N2O3. The normalized spacial score (nSPS) is 16.4. The van der Waals surface area contributed by atoms with Crippen molar-refractivity contribution >= 4 is 5.97 Å². The van der Waals surface area contributed by atoms with Crippen LogP contribution in [0.5, 0.6) is 5.75 Å². The molecule has 1 fully saturated rings. The standard InChI is InChI=1S/C15H22N2O3/c1-19-14-5-3-13(4-6-14)12-20-15(18)11-17-9-2-7-16-8-10-17/h3-6,16H,2,7-12H2,1H3. The molecule has 5 nitrogen and oxygen atoms in total. The van der Waals surface area contributed by atoms with Crippen molar-refractivity contribution in [2.45, 2.75) is 13.0 Å². The van der Waals surface area contributed by atoms with E-state index in [0.717, 1.165) is 43.9 Å². The lowest BCUT2D eigenvalue weighted by Crippen LogP contribution is -2.33. The van der Waals surface area contributed by atoms with Gasteiger partial charge in [0.2, 0.25) is 0 Å². The molecule has 20 heavy (non-hydrogen) atoms. The molecule has 1 aliphatic heterocycles. The minimum atomic E-state index is -0.164. The van der Waals surface area contributed by atoms with Gasteiger partial charge in [-0.2, -0.15) is 0 Å². The van der Waals surface area contributed by atoms with Crippen LogP contribution in [0, 0.1) is 0 Å². The number of hydrogen-bond donors (Lipinski definition) is 1. The van der Waals surface area contributed by atoms with Gasteiger partial charge in [-0.15, -0.1) is 0 Å². The summed E-state index contributed by atoms with van der Waals surface area (Å²) in [7, 11) is 1.63. The van der Waals surface area contributed by atoms with Crippen LogP contribution in [0.1, 0.15) is 12.0 Å². The molecule has 1 aromatic rings. The molecule has 1 saturated heterocycles. The Kier molecular flexibility index (Phi) is 5.83. The summed E-state index contributed by atoms with van der Waals surface area (Å²) in [5, 5.41) is 3.31. The van der Waals surface area contributed by atoms with Crippen LogP contribution in [0.3, 0.4) is 0 Å². The van der Waals surface area contributed by atoms with E-state index in [2.05, 4.69) is 10.2 Å². The SMILES string of the molecule is COc1ccc(COC(=O)CN2CCCNCC2)cc1. The number of ether oxygens (including phenoxy) is 2. The largest absolute Gasteiger partial charge is 0.497 e. The second kappa shape index (κ2) is 7.87. The monoisotopic (exact) mass is 278 g/mol. The van der Waals surface area contributed by atoms with Gasteiger partial charge in [-0.3, -0.25) is 9.69 Å². The Morgan fingerprint density at radius 3 is 2.80 bits per heavy atom. The summed E-state index contributed by atoms with van der Waals surface area (Å²) in [6, 6.07) is 7.54. The van der Waals surface area contributed by atoms with Crippen molar-refractivity contribution < 1.29 is 14.3 Å². The number of nitrogens with one attached hydrogen (secondary N) is 1. The first-order valence-electron chi connectivity index (χ1n) is 6.99. The van der Waals surface area contributed by atoms with Crippen LogP contribution in [-0.4, -0.2) is 50.7 Å². The van der Waals surface area contributed by atoms with E-state index in [9.17, 15) is 4.79 Å². The highest BCUT2D eigenvalue weighted by Gasteiger charge is 2.13. The third-order valence-electron chi connectivity index (χ3n) is 3.34. The first kappa shape index (κ1) is 14.8. The molecule has 0 atom stereocenters. The highest BCUT2D eigenvalue weighted by atomic mass is 16.5. The molecule has 0 aliphatic carbocycles. The van der Waals surface area contributed by atoms with Crippen LogP contribution < -0.4 is 10.1 Å². The van der Waals surface area contributed by atoms with Gasteiger partial charge in [-0.05, 0) is 37.2 Å². The first-order valence-corrected chi connectivity index (χ1v) is 6.99. The first-order chi connectivity index (χ1) is 9.78. The van der Waals surface area contributed by atoms with Crippen molar-refractivity contribution in [1.82, 2.24) is 10.2 Å². The van der Waals surface area contributed by atoms with Crippen molar-refractivity contribution in [3.63, 3.8) is 0 Å². The number of carbonyl (C=O) groups excluding carboxylic acids is 1. The van der Waals surface area contributed by atoms with E-state index in [4.69, 9.17) is 9.47 Å². The van der Waals surface area contributed by atoms with E-state index < -0.39 is 0 Å². The van der Waals surface area contributed by atoms with Gasteiger partial charge in [-0.1, -0.05) is 12.1 Å². The number of methoxy groups -OCH3 is 1. The predicted octanol–water partition coefficient (Wildman–Crippen LogP) is 1.03. The maximum atomic E-state index is 11.8.